The first-order valence-electron chi connectivity index (χ1n) is 11.0. The number of hydrogen-bond acceptors (Lipinski definition) is 6. The minimum absolute atomic E-state index is 0.280. The average Bonchev–Trinajstić information content (AvgIpc) is 3.48. The van der Waals surface area contributed by atoms with Crippen molar-refractivity contribution in [3.63, 3.8) is 0 Å². The zero-order chi connectivity index (χ0) is 21.2. The Morgan fingerprint density at radius 3 is 2.65 bits per heavy atom. The van der Waals surface area contributed by atoms with E-state index in [1.807, 2.05) is 35.4 Å². The van der Waals surface area contributed by atoms with Gasteiger partial charge in [0.25, 0.3) is 0 Å². The Balaban J connectivity index is 1.51. The van der Waals surface area contributed by atoms with E-state index in [4.69, 9.17) is 9.97 Å². The number of piperidine rings is 1. The van der Waals surface area contributed by atoms with E-state index in [9.17, 15) is 0 Å². The molecule has 0 radical (unpaired) electrons. The van der Waals surface area contributed by atoms with Gasteiger partial charge in [-0.25, -0.2) is 9.67 Å². The summed E-state index contributed by atoms with van der Waals surface area (Å²) in [5.74, 6) is 1.57. The smallest absolute Gasteiger partial charge is 0.229 e. The van der Waals surface area contributed by atoms with E-state index in [0.717, 1.165) is 47.3 Å². The summed E-state index contributed by atoms with van der Waals surface area (Å²) in [5, 5.41) is 7.93. The summed E-state index contributed by atoms with van der Waals surface area (Å²) in [7, 11) is 0. The maximum Gasteiger partial charge on any atom is 0.229 e. The van der Waals surface area contributed by atoms with Crippen LogP contribution in [0.15, 0.2) is 49.1 Å². The highest BCUT2D eigenvalue weighted by molar-refractivity contribution is 5.84. The predicted octanol–water partition coefficient (Wildman–Crippen LogP) is 4.20. The minimum Gasteiger partial charge on any atom is -0.364 e. The molecule has 1 saturated heterocycles. The highest BCUT2D eigenvalue weighted by Gasteiger charge is 2.20. The molecule has 0 saturated carbocycles. The van der Waals surface area contributed by atoms with Crippen LogP contribution in [-0.4, -0.2) is 42.4 Å². The van der Waals surface area contributed by atoms with Crippen molar-refractivity contribution in [2.24, 2.45) is 0 Å². The van der Waals surface area contributed by atoms with Crippen molar-refractivity contribution in [1.82, 2.24) is 29.3 Å². The fourth-order valence-corrected chi connectivity index (χ4v) is 4.12. The van der Waals surface area contributed by atoms with Gasteiger partial charge >= 0.3 is 0 Å². The maximum atomic E-state index is 4.92. The summed E-state index contributed by atoms with van der Waals surface area (Å²) in [6.07, 6.45) is 9.27. The first-order valence-corrected chi connectivity index (χ1v) is 11.0. The first kappa shape index (κ1) is 19.5. The highest BCUT2D eigenvalue weighted by Crippen LogP contribution is 2.27. The second-order valence-electron chi connectivity index (χ2n) is 8.27. The van der Waals surface area contributed by atoms with Crippen molar-refractivity contribution in [3.8, 4) is 5.69 Å². The third-order valence-corrected chi connectivity index (χ3v) is 5.79. The number of benzene rings is 1. The van der Waals surface area contributed by atoms with Crippen LogP contribution < -0.4 is 10.2 Å². The second-order valence-corrected chi connectivity index (χ2v) is 8.27. The Hall–Kier alpha value is -3.42. The molecule has 160 valence electrons. The van der Waals surface area contributed by atoms with Gasteiger partial charge in [0, 0.05) is 38.1 Å². The summed E-state index contributed by atoms with van der Waals surface area (Å²) >= 11 is 0. The first-order chi connectivity index (χ1) is 15.2. The Labute approximate surface area is 182 Å². The molecule has 1 fully saturated rings. The van der Waals surface area contributed by atoms with Gasteiger partial charge < -0.3 is 14.8 Å². The van der Waals surface area contributed by atoms with Crippen LogP contribution in [0.25, 0.3) is 16.9 Å². The molecule has 0 bridgehead atoms. The van der Waals surface area contributed by atoms with Crippen molar-refractivity contribution in [1.29, 1.82) is 0 Å². The van der Waals surface area contributed by atoms with E-state index in [0.29, 0.717) is 6.54 Å². The molecule has 0 aliphatic carbocycles. The number of nitrogens with zero attached hydrogens (tertiary/aromatic N) is 7. The van der Waals surface area contributed by atoms with Crippen LogP contribution in [-0.2, 0) is 6.54 Å². The highest BCUT2D eigenvalue weighted by atomic mass is 15.3. The zero-order valence-corrected chi connectivity index (χ0v) is 18.1. The summed E-state index contributed by atoms with van der Waals surface area (Å²) in [4.78, 5) is 16.8. The molecule has 3 aromatic heterocycles. The van der Waals surface area contributed by atoms with Crippen LogP contribution in [0.3, 0.4) is 0 Å². The van der Waals surface area contributed by atoms with Gasteiger partial charge in [-0.15, -0.1) is 0 Å². The molecule has 1 N–H and O–H groups in total. The lowest BCUT2D eigenvalue weighted by molar-refractivity contribution is 0.567. The molecular weight excluding hydrogens is 388 g/mol. The van der Waals surface area contributed by atoms with Crippen LogP contribution in [0.5, 0.6) is 0 Å². The molecule has 4 aromatic rings. The van der Waals surface area contributed by atoms with Crippen molar-refractivity contribution in [2.45, 2.75) is 45.7 Å². The lowest BCUT2D eigenvalue weighted by atomic mass is 10.1. The van der Waals surface area contributed by atoms with Gasteiger partial charge in [-0.3, -0.25) is 0 Å². The topological polar surface area (TPSA) is 76.7 Å². The number of nitrogens with one attached hydrogen (secondary N) is 1. The van der Waals surface area contributed by atoms with E-state index < -0.39 is 0 Å². The molecule has 0 spiro atoms. The molecule has 5 rings (SSSR count). The molecule has 0 atom stereocenters. The Morgan fingerprint density at radius 1 is 1.03 bits per heavy atom. The number of fused-ring (bicyclic) bond motifs is 1. The Morgan fingerprint density at radius 2 is 1.87 bits per heavy atom. The van der Waals surface area contributed by atoms with E-state index in [1.165, 1.54) is 19.3 Å². The monoisotopic (exact) mass is 416 g/mol. The summed E-state index contributed by atoms with van der Waals surface area (Å²) < 4.78 is 4.01. The van der Waals surface area contributed by atoms with Crippen LogP contribution >= 0.6 is 0 Å². The largest absolute Gasteiger partial charge is 0.364 e. The normalized spacial score (nSPS) is 14.5. The SMILES string of the molecule is CC(C)n1cnc2c(NCc3ccccc3-n3cccn3)nc(N3CCCCC3)nc21. The third kappa shape index (κ3) is 3.85. The van der Waals surface area contributed by atoms with E-state index in [1.54, 1.807) is 6.20 Å². The summed E-state index contributed by atoms with van der Waals surface area (Å²) in [5.41, 5.74) is 3.88. The van der Waals surface area contributed by atoms with Gasteiger partial charge in [-0.2, -0.15) is 15.1 Å². The Kier molecular flexibility index (Phi) is 5.28. The fourth-order valence-electron chi connectivity index (χ4n) is 4.12. The van der Waals surface area contributed by atoms with Crippen molar-refractivity contribution < 1.29 is 0 Å². The lowest BCUT2D eigenvalue weighted by Gasteiger charge is -2.27. The number of rotatable bonds is 6. The predicted molar refractivity (Wildman–Crippen MR) is 123 cm³/mol. The molecule has 0 unspecified atom stereocenters. The van der Waals surface area contributed by atoms with Gasteiger partial charge in [0.2, 0.25) is 5.95 Å². The summed E-state index contributed by atoms with van der Waals surface area (Å²) in [6.45, 7) is 6.93. The van der Waals surface area contributed by atoms with Crippen molar-refractivity contribution >= 4 is 22.9 Å². The second kappa shape index (κ2) is 8.37. The molecule has 8 heteroatoms. The number of hydrogen-bond donors (Lipinski definition) is 1. The van der Waals surface area contributed by atoms with Crippen molar-refractivity contribution in [3.05, 3.63) is 54.6 Å². The van der Waals surface area contributed by atoms with Gasteiger partial charge in [-0.1, -0.05) is 18.2 Å². The van der Waals surface area contributed by atoms with E-state index in [-0.39, 0.29) is 6.04 Å². The quantitative estimate of drug-likeness (QED) is 0.508. The van der Waals surface area contributed by atoms with Gasteiger partial charge in [0.05, 0.1) is 12.0 Å². The van der Waals surface area contributed by atoms with Gasteiger partial charge in [0.15, 0.2) is 17.0 Å². The van der Waals surface area contributed by atoms with Crippen LogP contribution in [0.2, 0.25) is 0 Å². The van der Waals surface area contributed by atoms with Crippen LogP contribution in [0.4, 0.5) is 11.8 Å². The van der Waals surface area contributed by atoms with Gasteiger partial charge in [0.1, 0.15) is 0 Å². The van der Waals surface area contributed by atoms with Gasteiger partial charge in [-0.05, 0) is 50.8 Å². The van der Waals surface area contributed by atoms with E-state index in [2.05, 4.69) is 50.8 Å². The molecule has 31 heavy (non-hydrogen) atoms. The molecule has 4 heterocycles. The number of aromatic nitrogens is 6. The Bertz CT molecular complexity index is 1160. The standard InChI is InChI=1S/C23H28N8/c1-17(2)30-16-25-20-21(27-23(28-22(20)30)29-12-6-3-7-13-29)24-15-18-9-4-5-10-19(18)31-14-8-11-26-31/h4-5,8-11,14,16-17H,3,6-7,12-13,15H2,1-2H3,(H,24,27,28). The number of para-hydroxylation sites is 1. The minimum atomic E-state index is 0.280. The molecular formula is C23H28N8. The maximum absolute atomic E-state index is 4.92. The van der Waals surface area contributed by atoms with Crippen LogP contribution in [0.1, 0.15) is 44.7 Å². The summed E-state index contributed by atoms with van der Waals surface area (Å²) in [6, 6.07) is 10.5. The van der Waals surface area contributed by atoms with Crippen molar-refractivity contribution in [2.75, 3.05) is 23.3 Å². The van der Waals surface area contributed by atoms with E-state index >= 15 is 0 Å². The molecule has 1 aliphatic heterocycles. The average molecular weight is 417 g/mol. The lowest BCUT2D eigenvalue weighted by Crippen LogP contribution is -2.31. The molecule has 8 nitrogen and oxygen atoms in total. The molecule has 1 aromatic carbocycles. The number of imidazole rings is 1. The third-order valence-electron chi connectivity index (χ3n) is 5.79. The molecule has 1 aliphatic rings. The fraction of sp³-hybridized carbons (Fsp3) is 0.391. The van der Waals surface area contributed by atoms with Crippen LogP contribution in [0, 0.1) is 0 Å². The molecule has 0 amide bonds. The number of anilines is 2. The zero-order valence-electron chi connectivity index (χ0n) is 18.1.